The molecular formula is C10H21N5O. The quantitative estimate of drug-likeness (QED) is 0.527. The van der Waals surface area contributed by atoms with Gasteiger partial charge in [-0.2, -0.15) is 0 Å². The van der Waals surface area contributed by atoms with Gasteiger partial charge in [0, 0.05) is 13.2 Å². The van der Waals surface area contributed by atoms with Crippen molar-refractivity contribution < 1.29 is 4.74 Å². The molecule has 0 bridgehead atoms. The fraction of sp³-hybridized carbons (Fsp3) is 0.800. The van der Waals surface area contributed by atoms with Crippen LogP contribution in [0.25, 0.3) is 0 Å². The van der Waals surface area contributed by atoms with E-state index in [1.54, 1.807) is 6.20 Å². The minimum atomic E-state index is -0.0819. The first-order chi connectivity index (χ1) is 7.74. The van der Waals surface area contributed by atoms with Crippen molar-refractivity contribution in [2.24, 2.45) is 5.84 Å². The highest BCUT2D eigenvalue weighted by Crippen LogP contribution is 2.17. The van der Waals surface area contributed by atoms with Crippen LogP contribution in [0, 0.1) is 0 Å². The Bertz CT molecular complexity index is 301. The van der Waals surface area contributed by atoms with Gasteiger partial charge in [0.2, 0.25) is 0 Å². The van der Waals surface area contributed by atoms with E-state index in [2.05, 4.69) is 22.7 Å². The molecule has 0 spiro atoms. The van der Waals surface area contributed by atoms with Crippen LogP contribution in [0.4, 0.5) is 0 Å². The summed E-state index contributed by atoms with van der Waals surface area (Å²) in [6.07, 6.45) is 2.73. The Balaban J connectivity index is 2.81. The number of nitrogens with zero attached hydrogens (tertiary/aromatic N) is 3. The zero-order chi connectivity index (χ0) is 12.0. The minimum absolute atomic E-state index is 0.0101. The van der Waals surface area contributed by atoms with Crippen LogP contribution in [-0.4, -0.2) is 27.7 Å². The summed E-state index contributed by atoms with van der Waals surface area (Å²) in [5, 5.41) is 7.95. The van der Waals surface area contributed by atoms with Crippen LogP contribution < -0.4 is 11.3 Å². The smallest absolute Gasteiger partial charge is 0.0903 e. The van der Waals surface area contributed by atoms with Crippen molar-refractivity contribution in [3.8, 4) is 0 Å². The molecule has 1 aromatic rings. The van der Waals surface area contributed by atoms with E-state index in [1.807, 2.05) is 18.5 Å². The Morgan fingerprint density at radius 2 is 2.31 bits per heavy atom. The van der Waals surface area contributed by atoms with Crippen LogP contribution in [0.2, 0.25) is 0 Å². The van der Waals surface area contributed by atoms with E-state index in [4.69, 9.17) is 10.6 Å². The Kier molecular flexibility index (Phi) is 5.37. The first kappa shape index (κ1) is 13.1. The van der Waals surface area contributed by atoms with Gasteiger partial charge in [0.05, 0.1) is 24.0 Å². The second-order valence-corrected chi connectivity index (χ2v) is 3.69. The number of hydrogen-bond donors (Lipinski definition) is 2. The summed E-state index contributed by atoms with van der Waals surface area (Å²) in [6, 6.07) is -0.0819. The monoisotopic (exact) mass is 227 g/mol. The SMILES string of the molecule is CCCn1nncc1C(NN)C(C)OCC. The van der Waals surface area contributed by atoms with Gasteiger partial charge in [0.1, 0.15) is 0 Å². The fourth-order valence-corrected chi connectivity index (χ4v) is 1.71. The lowest BCUT2D eigenvalue weighted by atomic mass is 10.1. The molecule has 1 heterocycles. The van der Waals surface area contributed by atoms with Crippen LogP contribution in [0.3, 0.4) is 0 Å². The van der Waals surface area contributed by atoms with Crippen molar-refractivity contribution in [3.05, 3.63) is 11.9 Å². The van der Waals surface area contributed by atoms with E-state index in [0.29, 0.717) is 6.61 Å². The largest absolute Gasteiger partial charge is 0.377 e. The van der Waals surface area contributed by atoms with Crippen LogP contribution in [0.5, 0.6) is 0 Å². The van der Waals surface area contributed by atoms with Gasteiger partial charge < -0.3 is 4.74 Å². The number of rotatable bonds is 7. The van der Waals surface area contributed by atoms with Crippen LogP contribution in [0.1, 0.15) is 38.9 Å². The van der Waals surface area contributed by atoms with E-state index in [9.17, 15) is 0 Å². The van der Waals surface area contributed by atoms with Crippen molar-refractivity contribution in [1.82, 2.24) is 20.4 Å². The number of ether oxygens (including phenoxy) is 1. The first-order valence-corrected chi connectivity index (χ1v) is 5.70. The summed E-state index contributed by atoms with van der Waals surface area (Å²) in [5.74, 6) is 5.56. The van der Waals surface area contributed by atoms with Gasteiger partial charge in [-0.05, 0) is 20.3 Å². The summed E-state index contributed by atoms with van der Waals surface area (Å²) in [4.78, 5) is 0. The van der Waals surface area contributed by atoms with Crippen LogP contribution in [-0.2, 0) is 11.3 Å². The topological polar surface area (TPSA) is 78.0 Å². The first-order valence-electron chi connectivity index (χ1n) is 5.70. The van der Waals surface area contributed by atoms with Gasteiger partial charge in [0.25, 0.3) is 0 Å². The predicted octanol–water partition coefficient (Wildman–Crippen LogP) is 0.617. The van der Waals surface area contributed by atoms with Gasteiger partial charge in [0.15, 0.2) is 0 Å². The van der Waals surface area contributed by atoms with Crippen LogP contribution in [0.15, 0.2) is 6.20 Å². The second kappa shape index (κ2) is 6.57. The van der Waals surface area contributed by atoms with Crippen molar-refractivity contribution in [1.29, 1.82) is 0 Å². The lowest BCUT2D eigenvalue weighted by Crippen LogP contribution is -2.38. The summed E-state index contributed by atoms with van der Waals surface area (Å²) in [7, 11) is 0. The molecule has 6 nitrogen and oxygen atoms in total. The highest BCUT2D eigenvalue weighted by atomic mass is 16.5. The zero-order valence-electron chi connectivity index (χ0n) is 10.2. The molecule has 0 saturated carbocycles. The third-order valence-corrected chi connectivity index (χ3v) is 2.48. The van der Waals surface area contributed by atoms with E-state index >= 15 is 0 Å². The lowest BCUT2D eigenvalue weighted by Gasteiger charge is -2.23. The van der Waals surface area contributed by atoms with Crippen molar-refractivity contribution in [2.75, 3.05) is 6.61 Å². The number of aromatic nitrogens is 3. The summed E-state index contributed by atoms with van der Waals surface area (Å²) in [5.41, 5.74) is 3.73. The van der Waals surface area contributed by atoms with Crippen molar-refractivity contribution in [3.63, 3.8) is 0 Å². The van der Waals surface area contributed by atoms with Gasteiger partial charge >= 0.3 is 0 Å². The van der Waals surface area contributed by atoms with Gasteiger partial charge in [-0.15, -0.1) is 5.10 Å². The van der Waals surface area contributed by atoms with Crippen LogP contribution >= 0.6 is 0 Å². The molecule has 0 fully saturated rings. The molecule has 0 aromatic carbocycles. The summed E-state index contributed by atoms with van der Waals surface area (Å²) < 4.78 is 7.40. The average molecular weight is 227 g/mol. The molecule has 1 rings (SSSR count). The molecule has 6 heteroatoms. The Morgan fingerprint density at radius 1 is 1.56 bits per heavy atom. The average Bonchev–Trinajstić information content (AvgIpc) is 2.69. The molecule has 0 saturated heterocycles. The zero-order valence-corrected chi connectivity index (χ0v) is 10.2. The highest BCUT2D eigenvalue weighted by Gasteiger charge is 2.22. The molecule has 0 aliphatic carbocycles. The Morgan fingerprint density at radius 3 is 2.88 bits per heavy atom. The summed E-state index contributed by atoms with van der Waals surface area (Å²) >= 11 is 0. The molecule has 2 unspecified atom stereocenters. The Hall–Kier alpha value is -0.980. The number of aryl methyl sites for hydroxylation is 1. The van der Waals surface area contributed by atoms with E-state index < -0.39 is 0 Å². The predicted molar refractivity (Wildman–Crippen MR) is 61.5 cm³/mol. The molecule has 92 valence electrons. The number of hydrazine groups is 1. The van der Waals surface area contributed by atoms with E-state index in [0.717, 1.165) is 18.7 Å². The molecule has 0 radical (unpaired) electrons. The minimum Gasteiger partial charge on any atom is -0.377 e. The number of hydrogen-bond acceptors (Lipinski definition) is 5. The standard InChI is InChI=1S/C10H21N5O/c1-4-6-15-9(7-12-14-15)10(13-11)8(3)16-5-2/h7-8,10,13H,4-6,11H2,1-3H3. The third-order valence-electron chi connectivity index (χ3n) is 2.48. The maximum atomic E-state index is 5.56. The van der Waals surface area contributed by atoms with Gasteiger partial charge in [-0.25, -0.2) is 10.1 Å². The van der Waals surface area contributed by atoms with E-state index in [1.165, 1.54) is 0 Å². The maximum Gasteiger partial charge on any atom is 0.0903 e. The molecule has 0 aliphatic heterocycles. The van der Waals surface area contributed by atoms with E-state index in [-0.39, 0.29) is 12.1 Å². The van der Waals surface area contributed by atoms with Crippen molar-refractivity contribution in [2.45, 2.75) is 45.9 Å². The highest BCUT2D eigenvalue weighted by molar-refractivity contribution is 5.04. The van der Waals surface area contributed by atoms with Gasteiger partial charge in [-0.3, -0.25) is 5.84 Å². The fourth-order valence-electron chi connectivity index (χ4n) is 1.71. The normalized spacial score (nSPS) is 15.0. The maximum absolute atomic E-state index is 5.56. The third kappa shape index (κ3) is 3.01. The molecule has 1 aromatic heterocycles. The molecule has 16 heavy (non-hydrogen) atoms. The summed E-state index contributed by atoms with van der Waals surface area (Å²) in [6.45, 7) is 7.55. The Labute approximate surface area is 96.1 Å². The van der Waals surface area contributed by atoms with Crippen molar-refractivity contribution >= 4 is 0 Å². The number of nitrogens with one attached hydrogen (secondary N) is 1. The molecule has 2 atom stereocenters. The van der Waals surface area contributed by atoms with Gasteiger partial charge in [-0.1, -0.05) is 12.1 Å². The molecule has 3 N–H and O–H groups in total. The molecule has 0 aliphatic rings. The molecular weight excluding hydrogens is 206 g/mol. The second-order valence-electron chi connectivity index (χ2n) is 3.69. The lowest BCUT2D eigenvalue weighted by molar-refractivity contribution is 0.0448. The molecule has 0 amide bonds. The number of nitrogens with two attached hydrogens (primary N) is 1.